The number of oxazole rings is 1. The highest BCUT2D eigenvalue weighted by Crippen LogP contribution is 2.31. The summed E-state index contributed by atoms with van der Waals surface area (Å²) in [5.41, 5.74) is 0.492. The number of hydrogen-bond acceptors (Lipinski definition) is 12. The molecule has 176 valence electrons. The molecule has 11 nitrogen and oxygen atoms in total. The summed E-state index contributed by atoms with van der Waals surface area (Å²) in [6.45, 7) is 6.38. The van der Waals surface area contributed by atoms with Crippen LogP contribution in [0.3, 0.4) is 0 Å². The van der Waals surface area contributed by atoms with Gasteiger partial charge in [-0.3, -0.25) is 0 Å². The number of hydrogen-bond donors (Lipinski definition) is 1. The molecule has 0 unspecified atom stereocenters. The Kier molecular flexibility index (Phi) is 7.61. The first-order chi connectivity index (χ1) is 16.1. The standard InChI is InChI=1S/C21H20N6O5S2/c1-11-16(18-24-12(8-23)9-34-18)27-17(31-11)14-10-33-15(25-14)7-13(19(28)30-6-5-22)26-20(29)32-21(2,3)4/h9-10,13H,6-7H2,1-4H3,(H,26,29)/t13-/m0/s1. The van der Waals surface area contributed by atoms with E-state index in [-0.39, 0.29) is 12.3 Å². The van der Waals surface area contributed by atoms with Crippen molar-refractivity contribution in [2.45, 2.75) is 45.8 Å². The van der Waals surface area contributed by atoms with Crippen LogP contribution in [-0.2, 0) is 20.7 Å². The molecule has 0 fully saturated rings. The lowest BCUT2D eigenvalue weighted by atomic mass is 10.2. The lowest BCUT2D eigenvalue weighted by molar-refractivity contribution is -0.144. The Morgan fingerprint density at radius 1 is 1.21 bits per heavy atom. The summed E-state index contributed by atoms with van der Waals surface area (Å²) in [7, 11) is 0. The second kappa shape index (κ2) is 10.4. The van der Waals surface area contributed by atoms with Crippen molar-refractivity contribution in [1.82, 2.24) is 20.3 Å². The molecule has 0 aliphatic heterocycles. The summed E-state index contributed by atoms with van der Waals surface area (Å²) >= 11 is 2.52. The fourth-order valence-electron chi connectivity index (χ4n) is 2.66. The van der Waals surface area contributed by atoms with Gasteiger partial charge in [0.25, 0.3) is 0 Å². The van der Waals surface area contributed by atoms with Crippen molar-refractivity contribution in [3.8, 4) is 34.4 Å². The normalized spacial score (nSPS) is 11.8. The van der Waals surface area contributed by atoms with Crippen LogP contribution in [0.1, 0.15) is 37.2 Å². The molecule has 34 heavy (non-hydrogen) atoms. The van der Waals surface area contributed by atoms with Gasteiger partial charge in [0.1, 0.15) is 45.9 Å². The molecular formula is C21H20N6O5S2. The van der Waals surface area contributed by atoms with E-state index in [1.807, 2.05) is 6.07 Å². The molecule has 0 aliphatic carbocycles. The van der Waals surface area contributed by atoms with Crippen molar-refractivity contribution in [3.05, 3.63) is 27.2 Å². The van der Waals surface area contributed by atoms with Crippen LogP contribution < -0.4 is 5.32 Å². The first kappa shape index (κ1) is 24.8. The molecule has 0 bridgehead atoms. The lowest BCUT2D eigenvalue weighted by Gasteiger charge is -2.22. The number of aromatic nitrogens is 3. The number of nitrogens with zero attached hydrogens (tertiary/aromatic N) is 5. The van der Waals surface area contributed by atoms with E-state index in [4.69, 9.17) is 24.4 Å². The number of thiazole rings is 2. The summed E-state index contributed by atoms with van der Waals surface area (Å²) < 4.78 is 15.8. The number of aryl methyl sites for hydroxylation is 1. The summed E-state index contributed by atoms with van der Waals surface area (Å²) in [6.07, 6.45) is -0.782. The van der Waals surface area contributed by atoms with E-state index in [2.05, 4.69) is 20.3 Å². The molecule has 3 aromatic rings. The van der Waals surface area contributed by atoms with Crippen molar-refractivity contribution in [2.24, 2.45) is 0 Å². The number of carbonyl (C=O) groups excluding carboxylic acids is 2. The first-order valence-electron chi connectivity index (χ1n) is 9.91. The van der Waals surface area contributed by atoms with Crippen LogP contribution in [0, 0.1) is 29.6 Å². The molecule has 3 aromatic heterocycles. The maximum absolute atomic E-state index is 12.4. The van der Waals surface area contributed by atoms with Crippen molar-refractivity contribution < 1.29 is 23.5 Å². The minimum absolute atomic E-state index is 0.0126. The van der Waals surface area contributed by atoms with E-state index in [9.17, 15) is 9.59 Å². The van der Waals surface area contributed by atoms with Gasteiger partial charge in [-0.25, -0.2) is 24.5 Å². The number of alkyl carbamates (subject to hydrolysis) is 1. The van der Waals surface area contributed by atoms with E-state index in [0.717, 1.165) is 0 Å². The predicted octanol–water partition coefficient (Wildman–Crippen LogP) is 3.60. The van der Waals surface area contributed by atoms with Crippen LogP contribution in [0.25, 0.3) is 22.3 Å². The third-order valence-corrected chi connectivity index (χ3v) is 5.74. The number of nitrogens with one attached hydrogen (secondary N) is 1. The molecule has 1 atom stereocenters. The van der Waals surface area contributed by atoms with Gasteiger partial charge in [0, 0.05) is 17.2 Å². The third kappa shape index (κ3) is 6.37. The van der Waals surface area contributed by atoms with Crippen molar-refractivity contribution in [2.75, 3.05) is 6.61 Å². The molecule has 3 rings (SSSR count). The van der Waals surface area contributed by atoms with Crippen molar-refractivity contribution in [3.63, 3.8) is 0 Å². The van der Waals surface area contributed by atoms with Crippen LogP contribution in [0.4, 0.5) is 4.79 Å². The highest BCUT2D eigenvalue weighted by Gasteiger charge is 2.27. The quantitative estimate of drug-likeness (QED) is 0.474. The minimum Gasteiger partial charge on any atom is -0.449 e. The number of amides is 1. The van der Waals surface area contributed by atoms with Crippen LogP contribution in [-0.4, -0.2) is 45.3 Å². The Bertz CT molecular complexity index is 1270. The molecule has 1 N–H and O–H groups in total. The van der Waals surface area contributed by atoms with E-state index in [1.54, 1.807) is 44.5 Å². The SMILES string of the molecule is Cc1oc(-c2csc(C[C@H](NC(=O)OC(C)(C)C)C(=O)OCC#N)n2)nc1-c1nc(C#N)cs1. The van der Waals surface area contributed by atoms with Crippen molar-refractivity contribution >= 4 is 34.7 Å². The van der Waals surface area contributed by atoms with Crippen LogP contribution in [0.5, 0.6) is 0 Å². The van der Waals surface area contributed by atoms with Gasteiger partial charge in [0.2, 0.25) is 5.89 Å². The van der Waals surface area contributed by atoms with Gasteiger partial charge in [-0.05, 0) is 27.7 Å². The number of esters is 1. The van der Waals surface area contributed by atoms with Gasteiger partial charge >= 0.3 is 12.1 Å². The average Bonchev–Trinajstić information content (AvgIpc) is 3.49. The fraction of sp³-hybridized carbons (Fsp3) is 0.381. The molecule has 0 saturated carbocycles. The molecule has 0 spiro atoms. The molecule has 1 amide bonds. The lowest BCUT2D eigenvalue weighted by Crippen LogP contribution is -2.45. The smallest absolute Gasteiger partial charge is 0.408 e. The zero-order chi connectivity index (χ0) is 24.9. The van der Waals surface area contributed by atoms with Gasteiger partial charge in [0.05, 0.1) is 5.01 Å². The largest absolute Gasteiger partial charge is 0.449 e. The Morgan fingerprint density at radius 2 is 1.97 bits per heavy atom. The Balaban J connectivity index is 1.78. The highest BCUT2D eigenvalue weighted by molar-refractivity contribution is 7.13. The van der Waals surface area contributed by atoms with E-state index in [1.165, 1.54) is 22.7 Å². The second-order valence-electron chi connectivity index (χ2n) is 7.87. The summed E-state index contributed by atoms with van der Waals surface area (Å²) in [6, 6.07) is 2.59. The van der Waals surface area contributed by atoms with Gasteiger partial charge in [-0.2, -0.15) is 10.5 Å². The molecule has 0 saturated heterocycles. The fourth-order valence-corrected chi connectivity index (χ4v) is 4.26. The van der Waals surface area contributed by atoms with E-state index < -0.39 is 30.3 Å². The summed E-state index contributed by atoms with van der Waals surface area (Å²) in [5, 5.41) is 24.5. The number of ether oxygens (including phenoxy) is 2. The van der Waals surface area contributed by atoms with Gasteiger partial charge in [0.15, 0.2) is 12.3 Å². The monoisotopic (exact) mass is 500 g/mol. The summed E-state index contributed by atoms with van der Waals surface area (Å²) in [4.78, 5) is 37.7. The van der Waals surface area contributed by atoms with Crippen LogP contribution in [0.2, 0.25) is 0 Å². The molecule has 13 heteroatoms. The molecule has 3 heterocycles. The molecule has 0 radical (unpaired) electrons. The molecule has 0 aromatic carbocycles. The molecule has 0 aliphatic rings. The Hall–Kier alpha value is -3.81. The highest BCUT2D eigenvalue weighted by atomic mass is 32.1. The maximum atomic E-state index is 12.4. The number of nitriles is 2. The third-order valence-electron chi connectivity index (χ3n) is 4.02. The van der Waals surface area contributed by atoms with Gasteiger partial charge < -0.3 is 19.2 Å². The van der Waals surface area contributed by atoms with E-state index >= 15 is 0 Å². The second-order valence-corrected chi connectivity index (χ2v) is 9.67. The zero-order valence-corrected chi connectivity index (χ0v) is 20.4. The average molecular weight is 501 g/mol. The number of carbonyl (C=O) groups is 2. The summed E-state index contributed by atoms with van der Waals surface area (Å²) in [5.74, 6) is -0.00386. The predicted molar refractivity (Wildman–Crippen MR) is 122 cm³/mol. The zero-order valence-electron chi connectivity index (χ0n) is 18.7. The van der Waals surface area contributed by atoms with Crippen LogP contribution >= 0.6 is 22.7 Å². The Labute approximate surface area is 203 Å². The maximum Gasteiger partial charge on any atom is 0.408 e. The number of rotatable bonds is 7. The van der Waals surface area contributed by atoms with E-state index in [0.29, 0.717) is 32.9 Å². The minimum atomic E-state index is -1.11. The Morgan fingerprint density at radius 3 is 2.62 bits per heavy atom. The molecular weight excluding hydrogens is 480 g/mol. The van der Waals surface area contributed by atoms with Crippen LogP contribution in [0.15, 0.2) is 15.2 Å². The van der Waals surface area contributed by atoms with Gasteiger partial charge in [-0.1, -0.05) is 0 Å². The topological polar surface area (TPSA) is 164 Å². The van der Waals surface area contributed by atoms with Gasteiger partial charge in [-0.15, -0.1) is 22.7 Å². The van der Waals surface area contributed by atoms with Crippen molar-refractivity contribution in [1.29, 1.82) is 10.5 Å². The first-order valence-corrected chi connectivity index (χ1v) is 11.7.